The maximum atomic E-state index is 12.7. The van der Waals surface area contributed by atoms with Crippen LogP contribution in [-0.2, 0) is 0 Å². The molecule has 0 aliphatic carbocycles. The van der Waals surface area contributed by atoms with Crippen LogP contribution in [0, 0.1) is 0 Å². The molecule has 6 heteroatoms. The van der Waals surface area contributed by atoms with Gasteiger partial charge in [-0.2, -0.15) is 0 Å². The van der Waals surface area contributed by atoms with Crippen molar-refractivity contribution in [3.8, 4) is 11.5 Å². The van der Waals surface area contributed by atoms with Gasteiger partial charge < -0.3 is 24.6 Å². The molecule has 146 valence electrons. The minimum Gasteiger partial charge on any atom is -0.497 e. The number of hydrogen-bond donors (Lipinski definition) is 2. The third-order valence-corrected chi connectivity index (χ3v) is 4.63. The van der Waals surface area contributed by atoms with E-state index in [1.807, 2.05) is 14.1 Å². The molecule has 2 aromatic rings. The van der Waals surface area contributed by atoms with Crippen LogP contribution in [0.25, 0.3) is 0 Å². The first-order valence-electron chi connectivity index (χ1n) is 8.95. The molecule has 2 aromatic carbocycles. The number of nitrogens with one attached hydrogen (secondary N) is 2. The maximum Gasteiger partial charge on any atom is 0.255 e. The average Bonchev–Trinajstić information content (AvgIpc) is 2.67. The van der Waals surface area contributed by atoms with Crippen LogP contribution in [-0.4, -0.2) is 54.9 Å². The van der Waals surface area contributed by atoms with Crippen LogP contribution in [0.15, 0.2) is 42.5 Å². The molecule has 0 heterocycles. The minimum atomic E-state index is -0.161. The summed E-state index contributed by atoms with van der Waals surface area (Å²) >= 11 is 0. The minimum absolute atomic E-state index is 0.148. The van der Waals surface area contributed by atoms with Crippen molar-refractivity contribution < 1.29 is 19.2 Å². The molecule has 0 saturated carbocycles. The summed E-state index contributed by atoms with van der Waals surface area (Å²) in [5, 5.41) is 3.04. The van der Waals surface area contributed by atoms with Gasteiger partial charge in [0.05, 0.1) is 40.4 Å². The van der Waals surface area contributed by atoms with Gasteiger partial charge in [0.15, 0.2) is 0 Å². The lowest BCUT2D eigenvalue weighted by Gasteiger charge is -2.23. The SMILES string of the molecule is COc1ccc(C(=O)NC[C@H](c2ccc(N(C)C)cc2)[NH+](C)C)c(OC)c1. The standard InChI is InChI=1S/C21H29N3O3/c1-23(2)16-9-7-15(8-10-16)19(24(3)4)14-22-21(25)18-12-11-17(26-5)13-20(18)27-6/h7-13,19H,14H2,1-6H3,(H,22,25)/p+1/t19-/m1/s1. The lowest BCUT2D eigenvalue weighted by molar-refractivity contribution is -0.890. The number of methoxy groups -OCH3 is 2. The van der Waals surface area contributed by atoms with Crippen molar-refractivity contribution in [3.63, 3.8) is 0 Å². The molecular formula is C21H30N3O3+. The Hall–Kier alpha value is -2.73. The van der Waals surface area contributed by atoms with Gasteiger partial charge in [-0.15, -0.1) is 0 Å². The number of ether oxygens (including phenoxy) is 2. The third-order valence-electron chi connectivity index (χ3n) is 4.63. The summed E-state index contributed by atoms with van der Waals surface area (Å²) in [5.74, 6) is 0.988. The average molecular weight is 372 g/mol. The lowest BCUT2D eigenvalue weighted by atomic mass is 10.0. The normalized spacial score (nSPS) is 11.8. The zero-order valence-electron chi connectivity index (χ0n) is 17.0. The number of likely N-dealkylation sites (N-methyl/N-ethyl adjacent to an activating group) is 1. The number of quaternary nitrogens is 1. The monoisotopic (exact) mass is 372 g/mol. The third kappa shape index (κ3) is 5.14. The molecular weight excluding hydrogens is 342 g/mol. The fourth-order valence-corrected chi connectivity index (χ4v) is 2.94. The fraction of sp³-hybridized carbons (Fsp3) is 0.381. The predicted octanol–water partition coefficient (Wildman–Crippen LogP) is 1.39. The van der Waals surface area contributed by atoms with Gasteiger partial charge in [0.25, 0.3) is 5.91 Å². The lowest BCUT2D eigenvalue weighted by Crippen LogP contribution is -3.07. The van der Waals surface area contributed by atoms with Crippen molar-refractivity contribution in [3.05, 3.63) is 53.6 Å². The molecule has 1 amide bonds. The Balaban J connectivity index is 2.13. The van der Waals surface area contributed by atoms with Gasteiger partial charge in [0, 0.05) is 31.4 Å². The molecule has 0 saturated heterocycles. The first kappa shape index (κ1) is 20.6. The molecule has 0 aromatic heterocycles. The molecule has 0 fully saturated rings. The zero-order valence-corrected chi connectivity index (χ0v) is 17.0. The number of benzene rings is 2. The second kappa shape index (κ2) is 9.28. The molecule has 0 aliphatic heterocycles. The Labute approximate surface area is 161 Å². The van der Waals surface area contributed by atoms with E-state index in [4.69, 9.17) is 9.47 Å². The highest BCUT2D eigenvalue weighted by Crippen LogP contribution is 2.24. The van der Waals surface area contributed by atoms with Crippen LogP contribution < -0.4 is 24.6 Å². The highest BCUT2D eigenvalue weighted by Gasteiger charge is 2.21. The first-order chi connectivity index (χ1) is 12.9. The molecule has 0 spiro atoms. The summed E-state index contributed by atoms with van der Waals surface area (Å²) in [6.07, 6.45) is 0. The van der Waals surface area contributed by atoms with E-state index in [0.29, 0.717) is 23.6 Å². The van der Waals surface area contributed by atoms with E-state index in [1.54, 1.807) is 32.4 Å². The van der Waals surface area contributed by atoms with E-state index >= 15 is 0 Å². The Morgan fingerprint density at radius 1 is 1.07 bits per heavy atom. The number of rotatable bonds is 8. The molecule has 0 bridgehead atoms. The number of anilines is 1. The van der Waals surface area contributed by atoms with Crippen molar-refractivity contribution in [2.45, 2.75) is 6.04 Å². The zero-order chi connectivity index (χ0) is 20.0. The molecule has 27 heavy (non-hydrogen) atoms. The second-order valence-electron chi connectivity index (χ2n) is 6.89. The molecule has 0 aliphatic rings. The largest absolute Gasteiger partial charge is 0.497 e. The second-order valence-corrected chi connectivity index (χ2v) is 6.89. The van der Waals surface area contributed by atoms with E-state index in [2.05, 4.69) is 48.6 Å². The van der Waals surface area contributed by atoms with Gasteiger partial charge in [-0.3, -0.25) is 4.79 Å². The van der Waals surface area contributed by atoms with E-state index < -0.39 is 0 Å². The highest BCUT2D eigenvalue weighted by atomic mass is 16.5. The van der Waals surface area contributed by atoms with Crippen molar-refractivity contribution in [1.82, 2.24) is 5.32 Å². The summed E-state index contributed by atoms with van der Waals surface area (Å²) in [6, 6.07) is 13.8. The van der Waals surface area contributed by atoms with Gasteiger partial charge in [0.2, 0.25) is 0 Å². The summed E-state index contributed by atoms with van der Waals surface area (Å²) in [5.41, 5.74) is 2.83. The molecule has 6 nitrogen and oxygen atoms in total. The fourth-order valence-electron chi connectivity index (χ4n) is 2.94. The number of amides is 1. The number of carbonyl (C=O) groups is 1. The Kier molecular flexibility index (Phi) is 7.07. The first-order valence-corrected chi connectivity index (χ1v) is 8.95. The van der Waals surface area contributed by atoms with Crippen molar-refractivity contribution in [2.75, 3.05) is 53.9 Å². The number of hydrogen-bond acceptors (Lipinski definition) is 4. The maximum absolute atomic E-state index is 12.7. The van der Waals surface area contributed by atoms with Crippen LogP contribution >= 0.6 is 0 Å². The Bertz CT molecular complexity index is 758. The summed E-state index contributed by atoms with van der Waals surface area (Å²) in [7, 11) is 11.3. The van der Waals surface area contributed by atoms with E-state index in [1.165, 1.54) is 10.5 Å². The van der Waals surface area contributed by atoms with Crippen LogP contribution in [0.5, 0.6) is 11.5 Å². The number of carbonyl (C=O) groups excluding carboxylic acids is 1. The van der Waals surface area contributed by atoms with Gasteiger partial charge in [-0.25, -0.2) is 0 Å². The topological polar surface area (TPSA) is 55.2 Å². The molecule has 0 radical (unpaired) electrons. The Morgan fingerprint density at radius 2 is 1.74 bits per heavy atom. The summed E-state index contributed by atoms with van der Waals surface area (Å²) in [6.45, 7) is 0.525. The van der Waals surface area contributed by atoms with Gasteiger partial charge in [-0.05, 0) is 24.3 Å². The van der Waals surface area contributed by atoms with Crippen LogP contribution in [0.3, 0.4) is 0 Å². The Morgan fingerprint density at radius 3 is 2.26 bits per heavy atom. The van der Waals surface area contributed by atoms with Gasteiger partial charge in [0.1, 0.15) is 17.5 Å². The van der Waals surface area contributed by atoms with Gasteiger partial charge >= 0.3 is 0 Å². The quantitative estimate of drug-likeness (QED) is 0.735. The van der Waals surface area contributed by atoms with E-state index in [-0.39, 0.29) is 11.9 Å². The molecule has 0 unspecified atom stereocenters. The van der Waals surface area contributed by atoms with E-state index in [9.17, 15) is 4.79 Å². The predicted molar refractivity (Wildman–Crippen MR) is 108 cm³/mol. The summed E-state index contributed by atoms with van der Waals surface area (Å²) in [4.78, 5) is 16.0. The van der Waals surface area contributed by atoms with Crippen LogP contribution in [0.2, 0.25) is 0 Å². The van der Waals surface area contributed by atoms with Crippen molar-refractivity contribution in [2.24, 2.45) is 0 Å². The molecule has 1 atom stereocenters. The van der Waals surface area contributed by atoms with Crippen LogP contribution in [0.4, 0.5) is 5.69 Å². The van der Waals surface area contributed by atoms with E-state index in [0.717, 1.165) is 5.69 Å². The van der Waals surface area contributed by atoms with Crippen LogP contribution in [0.1, 0.15) is 22.0 Å². The van der Waals surface area contributed by atoms with Crippen molar-refractivity contribution >= 4 is 11.6 Å². The molecule has 2 rings (SSSR count). The van der Waals surface area contributed by atoms with Crippen molar-refractivity contribution in [1.29, 1.82) is 0 Å². The van der Waals surface area contributed by atoms with Gasteiger partial charge in [-0.1, -0.05) is 12.1 Å². The number of nitrogens with zero attached hydrogens (tertiary/aromatic N) is 1. The smallest absolute Gasteiger partial charge is 0.255 e. The highest BCUT2D eigenvalue weighted by molar-refractivity contribution is 5.97. The molecule has 2 N–H and O–H groups in total. The summed E-state index contributed by atoms with van der Waals surface area (Å²) < 4.78 is 10.5.